The number of nitrogens with zero attached hydrogens (tertiary/aromatic N) is 1. The van der Waals surface area contributed by atoms with E-state index in [4.69, 9.17) is 11.6 Å². The van der Waals surface area contributed by atoms with Gasteiger partial charge in [-0.25, -0.2) is 4.39 Å². The molecule has 0 heterocycles. The molecule has 1 N–H and O–H groups in total. The second kappa shape index (κ2) is 8.73. The van der Waals surface area contributed by atoms with E-state index >= 15 is 0 Å². The number of anilines is 1. The van der Waals surface area contributed by atoms with Crippen molar-refractivity contribution >= 4 is 23.2 Å². The Bertz CT molecular complexity index is 723. The smallest absolute Gasteiger partial charge is 0.387 e. The van der Waals surface area contributed by atoms with E-state index in [1.165, 1.54) is 30.3 Å². The lowest BCUT2D eigenvalue weighted by Crippen LogP contribution is -2.30. The standard InChI is InChI=1S/C17H16ClF3N2O2/c1-23(9-11-12(18)5-4-6-13(11)19)10-16(24)22-14-7-2-3-8-15(14)25-17(20)21/h2-8,17H,9-10H2,1H3,(H,22,24). The minimum absolute atomic E-state index is 0.0896. The third kappa shape index (κ3) is 5.65. The van der Waals surface area contributed by atoms with Crippen molar-refractivity contribution in [3.8, 4) is 5.75 Å². The Kier molecular flexibility index (Phi) is 6.66. The van der Waals surface area contributed by atoms with E-state index in [0.29, 0.717) is 0 Å². The van der Waals surface area contributed by atoms with Crippen LogP contribution in [0.5, 0.6) is 5.75 Å². The maximum Gasteiger partial charge on any atom is 0.387 e. The highest BCUT2D eigenvalue weighted by Crippen LogP contribution is 2.25. The van der Waals surface area contributed by atoms with E-state index in [0.717, 1.165) is 0 Å². The molecule has 0 aliphatic carbocycles. The van der Waals surface area contributed by atoms with Gasteiger partial charge < -0.3 is 10.1 Å². The average Bonchev–Trinajstić information content (AvgIpc) is 2.52. The van der Waals surface area contributed by atoms with Crippen molar-refractivity contribution in [2.24, 2.45) is 0 Å². The van der Waals surface area contributed by atoms with Gasteiger partial charge in [-0.05, 0) is 31.3 Å². The Morgan fingerprint density at radius 1 is 1.24 bits per heavy atom. The summed E-state index contributed by atoms with van der Waals surface area (Å²) in [6.45, 7) is -2.97. The molecule has 2 aromatic rings. The summed E-state index contributed by atoms with van der Waals surface area (Å²) in [5.74, 6) is -1.05. The quantitative estimate of drug-likeness (QED) is 0.793. The van der Waals surface area contributed by atoms with Gasteiger partial charge in [0.25, 0.3) is 0 Å². The topological polar surface area (TPSA) is 41.6 Å². The number of hydrogen-bond acceptors (Lipinski definition) is 3. The Morgan fingerprint density at radius 2 is 1.96 bits per heavy atom. The van der Waals surface area contributed by atoms with Crippen LogP contribution in [0.3, 0.4) is 0 Å². The summed E-state index contributed by atoms with van der Waals surface area (Å²) in [6.07, 6.45) is 0. The predicted molar refractivity (Wildman–Crippen MR) is 89.4 cm³/mol. The molecule has 0 atom stereocenters. The molecule has 25 heavy (non-hydrogen) atoms. The lowest BCUT2D eigenvalue weighted by molar-refractivity contribution is -0.117. The van der Waals surface area contributed by atoms with Gasteiger partial charge in [0.2, 0.25) is 5.91 Å². The second-order valence-electron chi connectivity index (χ2n) is 5.30. The van der Waals surface area contributed by atoms with Gasteiger partial charge in [0.15, 0.2) is 0 Å². The molecule has 2 aromatic carbocycles. The molecule has 4 nitrogen and oxygen atoms in total. The number of hydrogen-bond donors (Lipinski definition) is 1. The fraction of sp³-hybridized carbons (Fsp3) is 0.235. The van der Waals surface area contributed by atoms with E-state index in [2.05, 4.69) is 10.1 Å². The number of amides is 1. The van der Waals surface area contributed by atoms with Crippen LogP contribution in [0.15, 0.2) is 42.5 Å². The van der Waals surface area contributed by atoms with Crippen LogP contribution in [0, 0.1) is 5.82 Å². The van der Waals surface area contributed by atoms with E-state index in [-0.39, 0.29) is 35.1 Å². The Morgan fingerprint density at radius 3 is 2.64 bits per heavy atom. The number of para-hydroxylation sites is 2. The number of likely N-dealkylation sites (N-methyl/N-ethyl adjacent to an activating group) is 1. The Labute approximate surface area is 148 Å². The third-order valence-corrected chi connectivity index (χ3v) is 3.63. The maximum absolute atomic E-state index is 13.8. The van der Waals surface area contributed by atoms with Crippen LogP contribution in [0.1, 0.15) is 5.56 Å². The first-order valence-corrected chi connectivity index (χ1v) is 7.69. The summed E-state index contributed by atoms with van der Waals surface area (Å²) in [5, 5.41) is 2.76. The molecule has 0 bridgehead atoms. The lowest BCUT2D eigenvalue weighted by atomic mass is 10.2. The van der Waals surface area contributed by atoms with Crippen LogP contribution in [-0.4, -0.2) is 31.0 Å². The van der Waals surface area contributed by atoms with Crippen molar-refractivity contribution in [3.05, 3.63) is 58.9 Å². The minimum Gasteiger partial charge on any atom is -0.433 e. The number of carbonyl (C=O) groups is 1. The van der Waals surface area contributed by atoms with Crippen LogP contribution in [0.4, 0.5) is 18.9 Å². The normalized spacial score (nSPS) is 11.0. The summed E-state index contributed by atoms with van der Waals surface area (Å²) in [5.41, 5.74) is 0.408. The highest BCUT2D eigenvalue weighted by molar-refractivity contribution is 6.31. The first-order valence-electron chi connectivity index (χ1n) is 7.32. The summed E-state index contributed by atoms with van der Waals surface area (Å²) >= 11 is 5.95. The molecule has 0 aliphatic heterocycles. The minimum atomic E-state index is -3.00. The van der Waals surface area contributed by atoms with Gasteiger partial charge in [-0.3, -0.25) is 9.69 Å². The zero-order valence-corrected chi connectivity index (χ0v) is 14.1. The number of carbonyl (C=O) groups excluding carboxylic acids is 1. The number of halogens is 4. The summed E-state index contributed by atoms with van der Waals surface area (Å²) in [6, 6.07) is 10.2. The molecule has 2 rings (SSSR count). The molecule has 0 saturated heterocycles. The van der Waals surface area contributed by atoms with Crippen LogP contribution < -0.4 is 10.1 Å². The van der Waals surface area contributed by atoms with Crippen LogP contribution >= 0.6 is 11.6 Å². The van der Waals surface area contributed by atoms with E-state index < -0.39 is 18.3 Å². The molecule has 8 heteroatoms. The molecule has 0 saturated carbocycles. The summed E-state index contributed by atoms with van der Waals surface area (Å²) < 4.78 is 42.9. The molecule has 0 radical (unpaired) electrons. The van der Waals surface area contributed by atoms with Crippen molar-refractivity contribution < 1.29 is 22.7 Å². The van der Waals surface area contributed by atoms with Gasteiger partial charge in [-0.15, -0.1) is 0 Å². The van der Waals surface area contributed by atoms with Crippen LogP contribution in [-0.2, 0) is 11.3 Å². The largest absolute Gasteiger partial charge is 0.433 e. The van der Waals surface area contributed by atoms with Gasteiger partial charge in [-0.2, -0.15) is 8.78 Å². The SMILES string of the molecule is CN(CC(=O)Nc1ccccc1OC(F)F)Cc1c(F)cccc1Cl. The Balaban J connectivity index is 1.98. The first-order chi connectivity index (χ1) is 11.9. The fourth-order valence-corrected chi connectivity index (χ4v) is 2.44. The number of nitrogens with one attached hydrogen (secondary N) is 1. The molecule has 0 unspecified atom stereocenters. The summed E-state index contributed by atoms with van der Waals surface area (Å²) in [4.78, 5) is 13.7. The molecule has 1 amide bonds. The molecular weight excluding hydrogens is 357 g/mol. The molecular formula is C17H16ClF3N2O2. The van der Waals surface area contributed by atoms with Gasteiger partial charge in [0, 0.05) is 17.1 Å². The van der Waals surface area contributed by atoms with Crippen molar-refractivity contribution in [2.45, 2.75) is 13.2 Å². The predicted octanol–water partition coefficient (Wildman–Crippen LogP) is 4.15. The fourth-order valence-electron chi connectivity index (χ4n) is 2.21. The molecule has 0 fully saturated rings. The van der Waals surface area contributed by atoms with Gasteiger partial charge in [0.1, 0.15) is 11.6 Å². The van der Waals surface area contributed by atoms with Gasteiger partial charge >= 0.3 is 6.61 Å². The van der Waals surface area contributed by atoms with Crippen LogP contribution in [0.25, 0.3) is 0 Å². The van der Waals surface area contributed by atoms with E-state index in [1.54, 1.807) is 24.1 Å². The van der Waals surface area contributed by atoms with Crippen molar-refractivity contribution in [1.82, 2.24) is 4.90 Å². The average molecular weight is 373 g/mol. The van der Waals surface area contributed by atoms with E-state index in [1.807, 2.05) is 0 Å². The molecule has 0 aliphatic rings. The third-order valence-electron chi connectivity index (χ3n) is 3.28. The summed E-state index contributed by atoms with van der Waals surface area (Å²) in [7, 11) is 1.61. The lowest BCUT2D eigenvalue weighted by Gasteiger charge is -2.18. The van der Waals surface area contributed by atoms with Crippen LogP contribution in [0.2, 0.25) is 5.02 Å². The van der Waals surface area contributed by atoms with E-state index in [9.17, 15) is 18.0 Å². The molecule has 0 aromatic heterocycles. The monoisotopic (exact) mass is 372 g/mol. The zero-order valence-electron chi connectivity index (χ0n) is 13.3. The number of rotatable bonds is 7. The van der Waals surface area contributed by atoms with Gasteiger partial charge in [0.05, 0.1) is 12.2 Å². The number of alkyl halides is 2. The van der Waals surface area contributed by atoms with Crippen molar-refractivity contribution in [3.63, 3.8) is 0 Å². The zero-order chi connectivity index (χ0) is 18.4. The van der Waals surface area contributed by atoms with Gasteiger partial charge in [-0.1, -0.05) is 29.8 Å². The van der Waals surface area contributed by atoms with Crippen molar-refractivity contribution in [2.75, 3.05) is 18.9 Å². The maximum atomic E-state index is 13.8. The first kappa shape index (κ1) is 19.1. The molecule has 134 valence electrons. The Hall–Kier alpha value is -2.25. The second-order valence-corrected chi connectivity index (χ2v) is 5.70. The number of benzene rings is 2. The number of ether oxygens (including phenoxy) is 1. The highest BCUT2D eigenvalue weighted by Gasteiger charge is 2.15. The highest BCUT2D eigenvalue weighted by atomic mass is 35.5. The van der Waals surface area contributed by atoms with Crippen molar-refractivity contribution in [1.29, 1.82) is 0 Å². The molecule has 0 spiro atoms.